The SMILES string of the molecule is CC(O)c1ccccc1OCc1ccc(C#N)cc1. The van der Waals surface area contributed by atoms with Crippen molar-refractivity contribution in [3.8, 4) is 11.8 Å². The van der Waals surface area contributed by atoms with Gasteiger partial charge in [-0.1, -0.05) is 30.3 Å². The first-order chi connectivity index (χ1) is 9.20. The number of hydrogen-bond donors (Lipinski definition) is 1. The normalized spacial score (nSPS) is 11.6. The first-order valence-corrected chi connectivity index (χ1v) is 6.09. The number of para-hydroxylation sites is 1. The molecule has 0 heterocycles. The van der Waals surface area contributed by atoms with Gasteiger partial charge in [-0.25, -0.2) is 0 Å². The predicted octanol–water partition coefficient (Wildman–Crippen LogP) is 3.19. The molecule has 0 amide bonds. The Morgan fingerprint density at radius 1 is 1.16 bits per heavy atom. The zero-order valence-corrected chi connectivity index (χ0v) is 10.7. The Labute approximate surface area is 112 Å². The van der Waals surface area contributed by atoms with Crippen LogP contribution in [0.25, 0.3) is 0 Å². The Bertz CT molecular complexity index is 582. The summed E-state index contributed by atoms with van der Waals surface area (Å²) >= 11 is 0. The van der Waals surface area contributed by atoms with Crippen LogP contribution in [0.2, 0.25) is 0 Å². The molecule has 1 unspecified atom stereocenters. The van der Waals surface area contributed by atoms with Crippen molar-refractivity contribution in [3.05, 3.63) is 65.2 Å². The standard InChI is InChI=1S/C16H15NO2/c1-12(18)15-4-2-3-5-16(15)19-11-14-8-6-13(10-17)7-9-14/h2-9,12,18H,11H2,1H3. The molecule has 1 N–H and O–H groups in total. The Hall–Kier alpha value is -2.31. The maximum atomic E-state index is 9.65. The molecular formula is C16H15NO2. The number of ether oxygens (including phenoxy) is 1. The minimum Gasteiger partial charge on any atom is -0.489 e. The molecule has 2 rings (SSSR count). The number of benzene rings is 2. The number of nitriles is 1. The number of rotatable bonds is 4. The summed E-state index contributed by atoms with van der Waals surface area (Å²) in [7, 11) is 0. The van der Waals surface area contributed by atoms with Crippen LogP contribution >= 0.6 is 0 Å². The van der Waals surface area contributed by atoms with Gasteiger partial charge in [-0.3, -0.25) is 0 Å². The van der Waals surface area contributed by atoms with Crippen molar-refractivity contribution in [2.45, 2.75) is 19.6 Å². The van der Waals surface area contributed by atoms with Crippen LogP contribution in [-0.2, 0) is 6.61 Å². The van der Waals surface area contributed by atoms with Crippen molar-refractivity contribution < 1.29 is 9.84 Å². The van der Waals surface area contributed by atoms with E-state index in [4.69, 9.17) is 10.00 Å². The van der Waals surface area contributed by atoms with E-state index in [0.29, 0.717) is 17.9 Å². The van der Waals surface area contributed by atoms with E-state index >= 15 is 0 Å². The fraction of sp³-hybridized carbons (Fsp3) is 0.188. The predicted molar refractivity (Wildman–Crippen MR) is 72.6 cm³/mol. The molecule has 2 aromatic rings. The molecule has 0 saturated heterocycles. The second-order valence-corrected chi connectivity index (χ2v) is 4.31. The highest BCUT2D eigenvalue weighted by molar-refractivity contribution is 5.35. The summed E-state index contributed by atoms with van der Waals surface area (Å²) in [6.07, 6.45) is -0.558. The molecule has 2 aromatic carbocycles. The van der Waals surface area contributed by atoms with Gasteiger partial charge in [0, 0.05) is 5.56 Å². The van der Waals surface area contributed by atoms with Crippen molar-refractivity contribution in [2.75, 3.05) is 0 Å². The quantitative estimate of drug-likeness (QED) is 0.910. The molecule has 0 aliphatic rings. The Balaban J connectivity index is 2.08. The van der Waals surface area contributed by atoms with Gasteiger partial charge in [0.05, 0.1) is 17.7 Å². The zero-order chi connectivity index (χ0) is 13.7. The summed E-state index contributed by atoms with van der Waals surface area (Å²) in [5, 5.41) is 18.4. The lowest BCUT2D eigenvalue weighted by Gasteiger charge is -2.13. The smallest absolute Gasteiger partial charge is 0.125 e. The van der Waals surface area contributed by atoms with Crippen LogP contribution < -0.4 is 4.74 Å². The molecule has 0 aliphatic heterocycles. The van der Waals surface area contributed by atoms with E-state index in [2.05, 4.69) is 6.07 Å². The zero-order valence-electron chi connectivity index (χ0n) is 10.7. The lowest BCUT2D eigenvalue weighted by molar-refractivity contribution is 0.190. The van der Waals surface area contributed by atoms with Crippen molar-refractivity contribution >= 4 is 0 Å². The highest BCUT2D eigenvalue weighted by Crippen LogP contribution is 2.25. The second-order valence-electron chi connectivity index (χ2n) is 4.31. The first kappa shape index (κ1) is 13.1. The minimum absolute atomic E-state index is 0.412. The monoisotopic (exact) mass is 253 g/mol. The van der Waals surface area contributed by atoms with E-state index in [9.17, 15) is 5.11 Å². The number of hydrogen-bond acceptors (Lipinski definition) is 3. The van der Waals surface area contributed by atoms with Gasteiger partial charge in [0.25, 0.3) is 0 Å². The number of aliphatic hydroxyl groups excluding tert-OH is 1. The number of nitrogens with zero attached hydrogens (tertiary/aromatic N) is 1. The summed E-state index contributed by atoms with van der Waals surface area (Å²) < 4.78 is 5.72. The number of aliphatic hydroxyl groups is 1. The Morgan fingerprint density at radius 3 is 2.47 bits per heavy atom. The molecule has 0 aromatic heterocycles. The third kappa shape index (κ3) is 3.34. The fourth-order valence-corrected chi connectivity index (χ4v) is 1.79. The molecule has 0 fully saturated rings. The average Bonchev–Trinajstić information content (AvgIpc) is 2.46. The summed E-state index contributed by atoms with van der Waals surface area (Å²) in [5.74, 6) is 0.682. The minimum atomic E-state index is -0.558. The van der Waals surface area contributed by atoms with Gasteiger partial charge >= 0.3 is 0 Å². The van der Waals surface area contributed by atoms with Gasteiger partial charge < -0.3 is 9.84 Å². The molecule has 3 nitrogen and oxygen atoms in total. The molecule has 96 valence electrons. The van der Waals surface area contributed by atoms with Gasteiger partial charge in [0.2, 0.25) is 0 Å². The Kier molecular flexibility index (Phi) is 4.17. The van der Waals surface area contributed by atoms with Crippen molar-refractivity contribution in [3.63, 3.8) is 0 Å². The second kappa shape index (κ2) is 6.03. The molecule has 1 atom stereocenters. The van der Waals surface area contributed by atoms with Gasteiger partial charge in [-0.05, 0) is 30.7 Å². The van der Waals surface area contributed by atoms with Crippen molar-refractivity contribution in [2.24, 2.45) is 0 Å². The topological polar surface area (TPSA) is 53.2 Å². The summed E-state index contributed by atoms with van der Waals surface area (Å²) in [6, 6.07) is 16.8. The highest BCUT2D eigenvalue weighted by Gasteiger charge is 2.08. The maximum Gasteiger partial charge on any atom is 0.125 e. The lowest BCUT2D eigenvalue weighted by Crippen LogP contribution is -2.00. The van der Waals surface area contributed by atoms with E-state index in [0.717, 1.165) is 11.1 Å². The van der Waals surface area contributed by atoms with E-state index in [1.54, 1.807) is 19.1 Å². The largest absolute Gasteiger partial charge is 0.489 e. The van der Waals surface area contributed by atoms with E-state index in [-0.39, 0.29) is 0 Å². The molecule has 19 heavy (non-hydrogen) atoms. The molecule has 3 heteroatoms. The van der Waals surface area contributed by atoms with Crippen LogP contribution in [-0.4, -0.2) is 5.11 Å². The molecule has 0 aliphatic carbocycles. The van der Waals surface area contributed by atoms with Crippen LogP contribution in [0.1, 0.15) is 29.7 Å². The molecule has 0 bridgehead atoms. The molecule has 0 radical (unpaired) electrons. The third-order valence-corrected chi connectivity index (χ3v) is 2.85. The summed E-state index contributed by atoms with van der Waals surface area (Å²) in [4.78, 5) is 0. The molecule has 0 spiro atoms. The van der Waals surface area contributed by atoms with Gasteiger partial charge in [-0.2, -0.15) is 5.26 Å². The highest BCUT2D eigenvalue weighted by atomic mass is 16.5. The van der Waals surface area contributed by atoms with Gasteiger partial charge in [-0.15, -0.1) is 0 Å². The maximum absolute atomic E-state index is 9.65. The lowest BCUT2D eigenvalue weighted by atomic mass is 10.1. The molecule has 0 saturated carbocycles. The van der Waals surface area contributed by atoms with E-state index in [1.165, 1.54) is 0 Å². The molecular weight excluding hydrogens is 238 g/mol. The Morgan fingerprint density at radius 2 is 1.84 bits per heavy atom. The fourth-order valence-electron chi connectivity index (χ4n) is 1.79. The van der Waals surface area contributed by atoms with Crippen molar-refractivity contribution in [1.29, 1.82) is 5.26 Å². The van der Waals surface area contributed by atoms with Crippen LogP contribution in [0, 0.1) is 11.3 Å². The first-order valence-electron chi connectivity index (χ1n) is 6.09. The van der Waals surface area contributed by atoms with Crippen LogP contribution in [0.4, 0.5) is 0 Å². The van der Waals surface area contributed by atoms with Crippen LogP contribution in [0.5, 0.6) is 5.75 Å². The van der Waals surface area contributed by atoms with E-state index in [1.807, 2.05) is 36.4 Å². The van der Waals surface area contributed by atoms with Gasteiger partial charge in [0.1, 0.15) is 12.4 Å². The summed E-state index contributed by atoms with van der Waals surface area (Å²) in [6.45, 7) is 2.12. The third-order valence-electron chi connectivity index (χ3n) is 2.85. The van der Waals surface area contributed by atoms with Crippen molar-refractivity contribution in [1.82, 2.24) is 0 Å². The van der Waals surface area contributed by atoms with E-state index < -0.39 is 6.10 Å². The average molecular weight is 253 g/mol. The van der Waals surface area contributed by atoms with Crippen LogP contribution in [0.3, 0.4) is 0 Å². The van der Waals surface area contributed by atoms with Crippen LogP contribution in [0.15, 0.2) is 48.5 Å². The van der Waals surface area contributed by atoms with Gasteiger partial charge in [0.15, 0.2) is 0 Å². The summed E-state index contributed by atoms with van der Waals surface area (Å²) in [5.41, 5.74) is 2.39.